The highest BCUT2D eigenvalue weighted by Gasteiger charge is 2.02. The van der Waals surface area contributed by atoms with Crippen molar-refractivity contribution in [1.82, 2.24) is 0 Å². The minimum Gasteiger partial charge on any atom is -0.229 e. The van der Waals surface area contributed by atoms with Crippen LogP contribution in [0, 0.1) is 5.92 Å². The molecule has 0 aromatic rings. The normalized spacial score (nSPS) is 30.7. The summed E-state index contributed by atoms with van der Waals surface area (Å²) in [5, 5.41) is 0. The molecule has 0 aliphatic carbocycles. The molecule has 0 spiro atoms. The molecule has 1 aliphatic heterocycles. The van der Waals surface area contributed by atoms with E-state index in [-0.39, 0.29) is 0 Å². The van der Waals surface area contributed by atoms with Gasteiger partial charge in [-0.25, -0.2) is 4.40 Å². The zero-order chi connectivity index (χ0) is 5.11. The van der Waals surface area contributed by atoms with Crippen LogP contribution in [-0.4, -0.2) is 12.0 Å². The van der Waals surface area contributed by atoms with Gasteiger partial charge >= 0.3 is 0 Å². The van der Waals surface area contributed by atoms with Gasteiger partial charge in [0.25, 0.3) is 0 Å². The standard InChI is InChI=1S/C5H9NS/c1-5-2-3-6-7-4-5/h3,5H,2,4H2,1H3. The quantitative estimate of drug-likeness (QED) is 0.438. The van der Waals surface area contributed by atoms with Gasteiger partial charge in [0.05, 0.1) is 0 Å². The van der Waals surface area contributed by atoms with Gasteiger partial charge in [-0.1, -0.05) is 6.92 Å². The molecule has 0 aromatic carbocycles. The monoisotopic (exact) mass is 115 g/mol. The molecule has 2 heteroatoms. The van der Waals surface area contributed by atoms with Crippen LogP contribution < -0.4 is 0 Å². The Kier molecular flexibility index (Phi) is 1.74. The van der Waals surface area contributed by atoms with E-state index in [4.69, 9.17) is 0 Å². The SMILES string of the molecule is CC1CC=NSC1. The summed E-state index contributed by atoms with van der Waals surface area (Å²) in [6.45, 7) is 2.25. The van der Waals surface area contributed by atoms with Crippen molar-refractivity contribution in [2.24, 2.45) is 10.3 Å². The first-order valence-corrected chi connectivity index (χ1v) is 3.47. The van der Waals surface area contributed by atoms with E-state index in [1.165, 1.54) is 12.2 Å². The Hall–Kier alpha value is 0.0200. The van der Waals surface area contributed by atoms with E-state index < -0.39 is 0 Å². The van der Waals surface area contributed by atoms with Gasteiger partial charge in [0.15, 0.2) is 0 Å². The van der Waals surface area contributed by atoms with E-state index in [1.807, 2.05) is 6.21 Å². The topological polar surface area (TPSA) is 12.4 Å². The summed E-state index contributed by atoms with van der Waals surface area (Å²) in [4.78, 5) is 0. The average molecular weight is 115 g/mol. The fourth-order valence-corrected chi connectivity index (χ4v) is 1.18. The molecule has 1 rings (SSSR count). The molecule has 0 aromatic heterocycles. The summed E-state index contributed by atoms with van der Waals surface area (Å²) in [6, 6.07) is 0. The Morgan fingerprint density at radius 1 is 1.86 bits per heavy atom. The van der Waals surface area contributed by atoms with Crippen LogP contribution in [0.2, 0.25) is 0 Å². The lowest BCUT2D eigenvalue weighted by molar-refractivity contribution is 0.699. The maximum Gasteiger partial charge on any atom is 0.0182 e. The Balaban J connectivity index is 2.32. The summed E-state index contributed by atoms with van der Waals surface area (Å²) in [7, 11) is 0. The largest absolute Gasteiger partial charge is 0.229 e. The number of nitrogens with zero attached hydrogens (tertiary/aromatic N) is 1. The van der Waals surface area contributed by atoms with Gasteiger partial charge < -0.3 is 0 Å². The van der Waals surface area contributed by atoms with Crippen LogP contribution in [0.5, 0.6) is 0 Å². The second-order valence-corrected chi connectivity index (χ2v) is 2.73. The molecule has 0 saturated heterocycles. The number of hydrogen-bond donors (Lipinski definition) is 0. The fourth-order valence-electron chi connectivity index (χ4n) is 0.514. The minimum atomic E-state index is 0.850. The zero-order valence-corrected chi connectivity index (χ0v) is 5.24. The third kappa shape index (κ3) is 1.51. The van der Waals surface area contributed by atoms with Crippen molar-refractivity contribution < 1.29 is 0 Å². The highest BCUT2D eigenvalue weighted by atomic mass is 32.2. The first-order valence-electron chi connectivity index (χ1n) is 2.53. The molecule has 40 valence electrons. The zero-order valence-electron chi connectivity index (χ0n) is 4.42. The minimum absolute atomic E-state index is 0.850. The van der Waals surface area contributed by atoms with Gasteiger partial charge in [-0.15, -0.1) is 0 Å². The predicted octanol–water partition coefficient (Wildman–Crippen LogP) is 1.75. The van der Waals surface area contributed by atoms with Crippen molar-refractivity contribution >= 4 is 18.2 Å². The molecular weight excluding hydrogens is 106 g/mol. The summed E-state index contributed by atoms with van der Waals surface area (Å²) >= 11 is 1.67. The molecule has 0 bridgehead atoms. The molecule has 1 unspecified atom stereocenters. The van der Waals surface area contributed by atoms with E-state index in [0.29, 0.717) is 0 Å². The third-order valence-corrected chi connectivity index (χ3v) is 2.03. The molecular formula is C5H9NS. The first-order chi connectivity index (χ1) is 3.39. The van der Waals surface area contributed by atoms with Gasteiger partial charge in [0.2, 0.25) is 0 Å². The highest BCUT2D eigenvalue weighted by molar-refractivity contribution is 7.98. The molecule has 0 fully saturated rings. The Morgan fingerprint density at radius 2 is 2.71 bits per heavy atom. The number of hydrogen-bond acceptors (Lipinski definition) is 2. The molecule has 1 aliphatic rings. The lowest BCUT2D eigenvalue weighted by Gasteiger charge is -2.07. The predicted molar refractivity (Wildman–Crippen MR) is 34.7 cm³/mol. The van der Waals surface area contributed by atoms with Gasteiger partial charge in [-0.05, 0) is 24.3 Å². The van der Waals surface area contributed by atoms with Gasteiger partial charge in [0, 0.05) is 12.0 Å². The molecule has 1 atom stereocenters. The van der Waals surface area contributed by atoms with Crippen LogP contribution in [0.25, 0.3) is 0 Å². The molecule has 0 N–H and O–H groups in total. The van der Waals surface area contributed by atoms with Crippen LogP contribution in [0.3, 0.4) is 0 Å². The second kappa shape index (κ2) is 2.36. The van der Waals surface area contributed by atoms with Crippen molar-refractivity contribution in [2.45, 2.75) is 13.3 Å². The van der Waals surface area contributed by atoms with E-state index in [0.717, 1.165) is 5.92 Å². The Bertz CT molecular complexity index is 80.1. The van der Waals surface area contributed by atoms with Crippen LogP contribution in [0.1, 0.15) is 13.3 Å². The summed E-state index contributed by atoms with van der Waals surface area (Å²) in [5.74, 6) is 2.05. The van der Waals surface area contributed by atoms with Crippen LogP contribution in [-0.2, 0) is 0 Å². The maximum atomic E-state index is 4.02. The summed E-state index contributed by atoms with van der Waals surface area (Å²) < 4.78 is 4.02. The Labute approximate surface area is 48.3 Å². The smallest absolute Gasteiger partial charge is 0.0182 e. The van der Waals surface area contributed by atoms with Crippen molar-refractivity contribution in [2.75, 3.05) is 5.75 Å². The number of rotatable bonds is 0. The van der Waals surface area contributed by atoms with Crippen molar-refractivity contribution in [1.29, 1.82) is 0 Å². The van der Waals surface area contributed by atoms with Gasteiger partial charge in [-0.2, -0.15) is 0 Å². The molecule has 1 nitrogen and oxygen atoms in total. The van der Waals surface area contributed by atoms with Gasteiger partial charge in [-0.3, -0.25) is 0 Å². The molecule has 7 heavy (non-hydrogen) atoms. The van der Waals surface area contributed by atoms with Gasteiger partial charge in [0.1, 0.15) is 0 Å². The van der Waals surface area contributed by atoms with E-state index in [2.05, 4.69) is 11.3 Å². The maximum absolute atomic E-state index is 4.02. The highest BCUT2D eigenvalue weighted by Crippen LogP contribution is 2.15. The second-order valence-electron chi connectivity index (χ2n) is 1.92. The molecule has 1 heterocycles. The fraction of sp³-hybridized carbons (Fsp3) is 0.800. The van der Waals surface area contributed by atoms with Crippen LogP contribution in [0.15, 0.2) is 4.40 Å². The summed E-state index contributed by atoms with van der Waals surface area (Å²) in [5.41, 5.74) is 0. The average Bonchev–Trinajstić information content (AvgIpc) is 1.69. The van der Waals surface area contributed by atoms with E-state index >= 15 is 0 Å². The molecule has 0 amide bonds. The lowest BCUT2D eigenvalue weighted by atomic mass is 10.1. The van der Waals surface area contributed by atoms with Crippen LogP contribution >= 0.6 is 11.9 Å². The van der Waals surface area contributed by atoms with E-state index in [9.17, 15) is 0 Å². The lowest BCUT2D eigenvalue weighted by Crippen LogP contribution is -2.01. The molecule has 0 saturated carbocycles. The van der Waals surface area contributed by atoms with Crippen molar-refractivity contribution in [3.05, 3.63) is 0 Å². The molecule has 0 radical (unpaired) electrons. The Morgan fingerprint density at radius 3 is 3.00 bits per heavy atom. The van der Waals surface area contributed by atoms with Crippen molar-refractivity contribution in [3.63, 3.8) is 0 Å². The summed E-state index contributed by atoms with van der Waals surface area (Å²) in [6.07, 6.45) is 3.17. The third-order valence-electron chi connectivity index (χ3n) is 1.02. The first kappa shape index (κ1) is 5.16. The van der Waals surface area contributed by atoms with Crippen molar-refractivity contribution in [3.8, 4) is 0 Å². The van der Waals surface area contributed by atoms with Crippen LogP contribution in [0.4, 0.5) is 0 Å². The van der Waals surface area contributed by atoms with E-state index in [1.54, 1.807) is 11.9 Å².